The van der Waals surface area contributed by atoms with Crippen LogP contribution in [0, 0.1) is 29.6 Å². The fraction of sp³-hybridized carbons (Fsp3) is 0.905. The molecule has 2 aliphatic rings. The lowest BCUT2D eigenvalue weighted by molar-refractivity contribution is -0.174. The molecule has 7 heteroatoms. The minimum absolute atomic E-state index is 0.0265. The van der Waals surface area contributed by atoms with Crippen LogP contribution in [0.4, 0.5) is 4.79 Å². The van der Waals surface area contributed by atoms with Crippen molar-refractivity contribution in [1.82, 2.24) is 9.96 Å². The minimum Gasteiger partial charge on any atom is -0.444 e. The molecule has 2 amide bonds. The minimum atomic E-state index is -0.575. The van der Waals surface area contributed by atoms with Crippen molar-refractivity contribution in [3.05, 3.63) is 0 Å². The van der Waals surface area contributed by atoms with E-state index in [0.717, 1.165) is 6.42 Å². The van der Waals surface area contributed by atoms with Gasteiger partial charge in [0.2, 0.25) is 0 Å². The lowest BCUT2D eigenvalue weighted by atomic mass is 9.61. The third kappa shape index (κ3) is 4.46. The molecule has 7 nitrogen and oxygen atoms in total. The van der Waals surface area contributed by atoms with Gasteiger partial charge in [0.05, 0.1) is 19.1 Å². The van der Waals surface area contributed by atoms with E-state index >= 15 is 0 Å². The smallest absolute Gasteiger partial charge is 0.410 e. The molecule has 1 saturated heterocycles. The molecular weight excluding hydrogens is 360 g/mol. The van der Waals surface area contributed by atoms with Gasteiger partial charge in [-0.05, 0) is 50.9 Å². The number of hydrogen-bond donors (Lipinski definition) is 0. The Balaban J connectivity index is 2.21. The molecule has 1 aliphatic carbocycles. The van der Waals surface area contributed by atoms with Gasteiger partial charge in [0.15, 0.2) is 0 Å². The van der Waals surface area contributed by atoms with Crippen molar-refractivity contribution in [2.75, 3.05) is 27.8 Å². The highest BCUT2D eigenvalue weighted by atomic mass is 16.7. The molecule has 0 radical (unpaired) electrons. The Hall–Kier alpha value is -1.34. The summed E-state index contributed by atoms with van der Waals surface area (Å²) in [7, 11) is 4.84. The number of nitrogens with zero attached hydrogens (tertiary/aromatic N) is 2. The lowest BCUT2D eigenvalue weighted by Gasteiger charge is -2.50. The Morgan fingerprint density at radius 1 is 1.07 bits per heavy atom. The van der Waals surface area contributed by atoms with Crippen LogP contribution in [0.5, 0.6) is 0 Å². The van der Waals surface area contributed by atoms with E-state index in [1.165, 1.54) is 12.2 Å². The number of hydroxylamine groups is 2. The summed E-state index contributed by atoms with van der Waals surface area (Å²) in [5.74, 6) is 0.949. The van der Waals surface area contributed by atoms with Crippen LogP contribution in [0.2, 0.25) is 0 Å². The van der Waals surface area contributed by atoms with Crippen molar-refractivity contribution in [1.29, 1.82) is 0 Å². The molecule has 162 valence electrons. The van der Waals surface area contributed by atoms with Crippen LogP contribution in [0.25, 0.3) is 0 Å². The van der Waals surface area contributed by atoms with E-state index in [1.807, 2.05) is 20.8 Å². The number of amides is 2. The van der Waals surface area contributed by atoms with Crippen LogP contribution in [0.3, 0.4) is 0 Å². The Bertz CT molecular complexity index is 566. The van der Waals surface area contributed by atoms with Gasteiger partial charge in [-0.15, -0.1) is 0 Å². The number of carbonyl (C=O) groups is 2. The number of methoxy groups -OCH3 is 1. The standard InChI is InChI=1S/C21H38N2O5/c1-12-16(19(24)22(7)27-9)11-23(20(25)28-21(4,5)6)17(12)10-15-13(2)18(26-8)14(15)3/h12-18H,10-11H2,1-9H3/t12-,13-,14?,15?,16+,17?,18?/m0/s1. The molecule has 2 rings (SSSR count). The summed E-state index contributed by atoms with van der Waals surface area (Å²) in [5, 5.41) is 1.26. The van der Waals surface area contributed by atoms with Gasteiger partial charge in [-0.1, -0.05) is 20.8 Å². The van der Waals surface area contributed by atoms with Gasteiger partial charge >= 0.3 is 6.09 Å². The normalized spacial score (nSPS) is 35.5. The average molecular weight is 399 g/mol. The van der Waals surface area contributed by atoms with E-state index in [-0.39, 0.29) is 36.0 Å². The first-order chi connectivity index (χ1) is 12.9. The molecule has 2 fully saturated rings. The summed E-state index contributed by atoms with van der Waals surface area (Å²) in [5.41, 5.74) is -0.575. The summed E-state index contributed by atoms with van der Waals surface area (Å²) in [6.07, 6.45) is 0.764. The lowest BCUT2D eigenvalue weighted by Crippen LogP contribution is -2.52. The Labute approximate surface area is 169 Å². The van der Waals surface area contributed by atoms with Crippen LogP contribution in [0.1, 0.15) is 48.0 Å². The van der Waals surface area contributed by atoms with Crippen molar-refractivity contribution in [3.63, 3.8) is 0 Å². The number of likely N-dealkylation sites (tertiary alicyclic amines) is 1. The van der Waals surface area contributed by atoms with Crippen molar-refractivity contribution in [2.24, 2.45) is 29.6 Å². The van der Waals surface area contributed by atoms with Crippen molar-refractivity contribution < 1.29 is 23.9 Å². The largest absolute Gasteiger partial charge is 0.444 e. The molecule has 0 bridgehead atoms. The maximum atomic E-state index is 12.9. The summed E-state index contributed by atoms with van der Waals surface area (Å²) in [6.45, 7) is 12.4. The van der Waals surface area contributed by atoms with Gasteiger partial charge in [0.25, 0.3) is 5.91 Å². The zero-order chi connectivity index (χ0) is 21.4. The second-order valence-electron chi connectivity index (χ2n) is 9.50. The van der Waals surface area contributed by atoms with E-state index in [1.54, 1.807) is 19.1 Å². The number of carbonyl (C=O) groups excluding carboxylic acids is 2. The number of hydrogen-bond acceptors (Lipinski definition) is 5. The molecule has 0 N–H and O–H groups in total. The monoisotopic (exact) mass is 398 g/mol. The zero-order valence-electron chi connectivity index (χ0n) is 18.9. The maximum absolute atomic E-state index is 12.9. The number of ether oxygens (including phenoxy) is 2. The molecule has 1 heterocycles. The second-order valence-corrected chi connectivity index (χ2v) is 9.50. The summed E-state index contributed by atoms with van der Waals surface area (Å²) < 4.78 is 11.2. The second kappa shape index (κ2) is 8.57. The molecule has 7 atom stereocenters. The predicted octanol–water partition coefficient (Wildman–Crippen LogP) is 3.18. The Morgan fingerprint density at radius 2 is 1.64 bits per heavy atom. The highest BCUT2D eigenvalue weighted by molar-refractivity contribution is 5.80. The van der Waals surface area contributed by atoms with Crippen molar-refractivity contribution in [3.8, 4) is 0 Å². The van der Waals surface area contributed by atoms with Gasteiger partial charge in [-0.3, -0.25) is 9.63 Å². The van der Waals surface area contributed by atoms with Gasteiger partial charge in [0, 0.05) is 26.7 Å². The summed E-state index contributed by atoms with van der Waals surface area (Å²) in [6, 6.07) is -0.0400. The topological polar surface area (TPSA) is 68.3 Å². The van der Waals surface area contributed by atoms with Crippen LogP contribution >= 0.6 is 0 Å². The molecule has 0 aromatic heterocycles. The summed E-state index contributed by atoms with van der Waals surface area (Å²) >= 11 is 0. The van der Waals surface area contributed by atoms with E-state index in [0.29, 0.717) is 24.3 Å². The first-order valence-corrected chi connectivity index (χ1v) is 10.3. The number of rotatable bonds is 5. The predicted molar refractivity (Wildman–Crippen MR) is 106 cm³/mol. The molecular formula is C21H38N2O5. The summed E-state index contributed by atoms with van der Waals surface area (Å²) in [4.78, 5) is 32.6. The third-order valence-electron chi connectivity index (χ3n) is 6.74. The molecule has 1 saturated carbocycles. The fourth-order valence-corrected chi connectivity index (χ4v) is 5.00. The highest BCUT2D eigenvalue weighted by Crippen LogP contribution is 2.47. The van der Waals surface area contributed by atoms with Gasteiger partial charge in [-0.2, -0.15) is 0 Å². The molecule has 28 heavy (non-hydrogen) atoms. The molecule has 0 aromatic rings. The quantitative estimate of drug-likeness (QED) is 0.666. The van der Waals surface area contributed by atoms with Crippen LogP contribution in [-0.4, -0.2) is 67.5 Å². The van der Waals surface area contributed by atoms with E-state index in [4.69, 9.17) is 14.3 Å². The fourth-order valence-electron chi connectivity index (χ4n) is 5.00. The third-order valence-corrected chi connectivity index (χ3v) is 6.74. The van der Waals surface area contributed by atoms with Crippen LogP contribution < -0.4 is 0 Å². The SMILES string of the molecule is COC1C(C)C(CC2[C@@H](C)[C@H](C(=O)N(C)OC)CN2C(=O)OC(C)(C)C)[C@@H]1C. The van der Waals surface area contributed by atoms with Gasteiger partial charge < -0.3 is 14.4 Å². The van der Waals surface area contributed by atoms with E-state index in [9.17, 15) is 9.59 Å². The zero-order valence-corrected chi connectivity index (χ0v) is 18.9. The first-order valence-electron chi connectivity index (χ1n) is 10.3. The van der Waals surface area contributed by atoms with Gasteiger partial charge in [-0.25, -0.2) is 9.86 Å². The van der Waals surface area contributed by atoms with Gasteiger partial charge in [0.1, 0.15) is 5.60 Å². The van der Waals surface area contributed by atoms with Crippen LogP contribution in [0.15, 0.2) is 0 Å². The highest BCUT2D eigenvalue weighted by Gasteiger charge is 2.52. The van der Waals surface area contributed by atoms with Crippen molar-refractivity contribution >= 4 is 12.0 Å². The molecule has 0 aromatic carbocycles. The molecule has 0 spiro atoms. The molecule has 1 aliphatic heterocycles. The first kappa shape index (κ1) is 22.9. The van der Waals surface area contributed by atoms with E-state index in [2.05, 4.69) is 20.8 Å². The Kier molecular flexibility index (Phi) is 7.03. The van der Waals surface area contributed by atoms with Crippen LogP contribution in [-0.2, 0) is 19.1 Å². The molecule has 4 unspecified atom stereocenters. The van der Waals surface area contributed by atoms with E-state index < -0.39 is 5.60 Å². The Morgan fingerprint density at radius 3 is 2.11 bits per heavy atom. The van der Waals surface area contributed by atoms with Crippen molar-refractivity contribution in [2.45, 2.75) is 65.7 Å². The average Bonchev–Trinajstić information content (AvgIpc) is 2.94. The maximum Gasteiger partial charge on any atom is 0.410 e.